The smallest absolute Gasteiger partial charge is 0.332 e. The molecule has 0 fully saturated rings. The van der Waals surface area contributed by atoms with E-state index < -0.39 is 5.97 Å². The number of aliphatic carboxylic acids is 1. The summed E-state index contributed by atoms with van der Waals surface area (Å²) in [6.07, 6.45) is 1.44. The van der Waals surface area contributed by atoms with E-state index in [9.17, 15) is 4.79 Å². The van der Waals surface area contributed by atoms with Crippen molar-refractivity contribution in [3.8, 4) is 6.07 Å². The minimum Gasteiger partial charge on any atom is -0.478 e. The van der Waals surface area contributed by atoms with Crippen LogP contribution >= 0.6 is 0 Å². The number of hydrogen-bond donors (Lipinski definition) is 1. The van der Waals surface area contributed by atoms with Gasteiger partial charge in [0.15, 0.2) is 0 Å². The van der Waals surface area contributed by atoms with Gasteiger partial charge in [-0.2, -0.15) is 5.26 Å². The maximum atomic E-state index is 10.1. The molecule has 0 aromatic heterocycles. The van der Waals surface area contributed by atoms with E-state index in [2.05, 4.69) is 0 Å². The van der Waals surface area contributed by atoms with Crippen molar-refractivity contribution in [3.63, 3.8) is 0 Å². The molecule has 0 radical (unpaired) electrons. The molecule has 3 heteroatoms. The first-order chi connectivity index (χ1) is 4.22. The van der Waals surface area contributed by atoms with Crippen LogP contribution < -0.4 is 0 Å². The largest absolute Gasteiger partial charge is 0.478 e. The lowest BCUT2D eigenvalue weighted by Gasteiger charge is -1.89. The fourth-order valence-corrected chi connectivity index (χ4v) is 0.393. The molecular weight excluding hydrogens is 118 g/mol. The van der Waals surface area contributed by atoms with Crippen LogP contribution in [0.2, 0.25) is 0 Å². The van der Waals surface area contributed by atoms with Crippen LogP contribution in [0.25, 0.3) is 0 Å². The van der Waals surface area contributed by atoms with Gasteiger partial charge in [0.1, 0.15) is 0 Å². The molecule has 0 heterocycles. The van der Waals surface area contributed by atoms with Crippen molar-refractivity contribution in [2.75, 3.05) is 0 Å². The van der Waals surface area contributed by atoms with Crippen LogP contribution in [0.15, 0.2) is 11.6 Å². The van der Waals surface area contributed by atoms with E-state index in [-0.39, 0.29) is 5.57 Å². The van der Waals surface area contributed by atoms with Crippen molar-refractivity contribution in [2.24, 2.45) is 0 Å². The zero-order valence-corrected chi connectivity index (χ0v) is 5.09. The molecule has 0 saturated heterocycles. The van der Waals surface area contributed by atoms with E-state index in [0.717, 1.165) is 6.08 Å². The Kier molecular flexibility index (Phi) is 3.14. The van der Waals surface area contributed by atoms with Gasteiger partial charge in [-0.05, 0) is 6.42 Å². The summed E-state index contributed by atoms with van der Waals surface area (Å²) in [4.78, 5) is 10.1. The lowest BCUT2D eigenvalue weighted by Crippen LogP contribution is -1.97. The van der Waals surface area contributed by atoms with Gasteiger partial charge in [-0.15, -0.1) is 0 Å². The summed E-state index contributed by atoms with van der Waals surface area (Å²) in [7, 11) is 0. The van der Waals surface area contributed by atoms with Gasteiger partial charge in [0.05, 0.1) is 6.07 Å². The van der Waals surface area contributed by atoms with E-state index in [0.29, 0.717) is 6.42 Å². The predicted molar refractivity (Wildman–Crippen MR) is 31.6 cm³/mol. The van der Waals surface area contributed by atoms with Crippen molar-refractivity contribution in [2.45, 2.75) is 13.3 Å². The van der Waals surface area contributed by atoms with Gasteiger partial charge in [-0.1, -0.05) is 6.92 Å². The Bertz CT molecular complexity index is 176. The molecule has 0 amide bonds. The highest BCUT2D eigenvalue weighted by atomic mass is 16.4. The number of allylic oxidation sites excluding steroid dienone is 1. The minimum absolute atomic E-state index is 0.150. The second kappa shape index (κ2) is 3.67. The van der Waals surface area contributed by atoms with Gasteiger partial charge < -0.3 is 5.11 Å². The van der Waals surface area contributed by atoms with Crippen LogP contribution in [-0.2, 0) is 4.79 Å². The Balaban J connectivity index is 4.20. The fraction of sp³-hybridized carbons (Fsp3) is 0.333. The summed E-state index contributed by atoms with van der Waals surface area (Å²) in [6.45, 7) is 1.69. The molecule has 9 heavy (non-hydrogen) atoms. The molecule has 0 spiro atoms. The quantitative estimate of drug-likeness (QED) is 0.441. The molecule has 0 aliphatic rings. The monoisotopic (exact) mass is 125 g/mol. The summed E-state index contributed by atoms with van der Waals surface area (Å²) < 4.78 is 0. The lowest BCUT2D eigenvalue weighted by molar-refractivity contribution is -0.132. The Morgan fingerprint density at radius 1 is 1.89 bits per heavy atom. The van der Waals surface area contributed by atoms with E-state index in [1.165, 1.54) is 0 Å². The zero-order valence-electron chi connectivity index (χ0n) is 5.09. The Morgan fingerprint density at radius 2 is 2.44 bits per heavy atom. The van der Waals surface area contributed by atoms with Crippen LogP contribution in [0, 0.1) is 11.3 Å². The molecule has 0 atom stereocenters. The number of carboxylic acid groups (broad SMARTS) is 1. The summed E-state index contributed by atoms with van der Waals surface area (Å²) in [5.41, 5.74) is 0.150. The van der Waals surface area contributed by atoms with Crippen molar-refractivity contribution in [1.82, 2.24) is 0 Å². The van der Waals surface area contributed by atoms with E-state index in [1.54, 1.807) is 13.0 Å². The second-order valence-corrected chi connectivity index (χ2v) is 1.46. The second-order valence-electron chi connectivity index (χ2n) is 1.46. The molecule has 0 saturated carbocycles. The molecule has 0 aromatic rings. The van der Waals surface area contributed by atoms with Crippen LogP contribution in [0.3, 0.4) is 0 Å². The first-order valence-corrected chi connectivity index (χ1v) is 2.54. The molecule has 0 aromatic carbocycles. The average molecular weight is 125 g/mol. The number of nitrogens with zero attached hydrogens (tertiary/aromatic N) is 1. The molecule has 0 bridgehead atoms. The van der Waals surface area contributed by atoms with Crippen molar-refractivity contribution in [3.05, 3.63) is 11.6 Å². The maximum absolute atomic E-state index is 10.1. The van der Waals surface area contributed by atoms with Crippen LogP contribution in [0.4, 0.5) is 0 Å². The topological polar surface area (TPSA) is 61.1 Å². The van der Waals surface area contributed by atoms with Gasteiger partial charge in [-0.3, -0.25) is 0 Å². The van der Waals surface area contributed by atoms with Gasteiger partial charge in [0.25, 0.3) is 0 Å². The summed E-state index contributed by atoms with van der Waals surface area (Å²) >= 11 is 0. The van der Waals surface area contributed by atoms with Crippen LogP contribution in [0.1, 0.15) is 13.3 Å². The highest BCUT2D eigenvalue weighted by Crippen LogP contribution is 1.97. The number of carbonyl (C=O) groups is 1. The van der Waals surface area contributed by atoms with Crippen molar-refractivity contribution in [1.29, 1.82) is 5.26 Å². The van der Waals surface area contributed by atoms with Gasteiger partial charge in [0.2, 0.25) is 0 Å². The molecule has 0 aliphatic heterocycles. The third-order valence-corrected chi connectivity index (χ3v) is 0.894. The molecule has 3 nitrogen and oxygen atoms in total. The molecule has 48 valence electrons. The summed E-state index contributed by atoms with van der Waals surface area (Å²) in [5.74, 6) is -1.01. The average Bonchev–Trinajstić information content (AvgIpc) is 1.82. The molecule has 0 unspecified atom stereocenters. The summed E-state index contributed by atoms with van der Waals surface area (Å²) in [6, 6.07) is 1.66. The fourth-order valence-electron chi connectivity index (χ4n) is 0.393. The highest BCUT2D eigenvalue weighted by molar-refractivity contribution is 5.86. The number of carboxylic acids is 1. The molecular formula is C6H7NO2. The van der Waals surface area contributed by atoms with Gasteiger partial charge >= 0.3 is 5.97 Å². The van der Waals surface area contributed by atoms with E-state index in [1.807, 2.05) is 0 Å². The minimum atomic E-state index is -1.01. The predicted octanol–water partition coefficient (Wildman–Crippen LogP) is 0.931. The third kappa shape index (κ3) is 2.50. The van der Waals surface area contributed by atoms with Crippen molar-refractivity contribution < 1.29 is 9.90 Å². The number of rotatable bonds is 2. The Morgan fingerprint density at radius 3 is 2.56 bits per heavy atom. The lowest BCUT2D eigenvalue weighted by atomic mass is 10.2. The molecule has 1 N–H and O–H groups in total. The maximum Gasteiger partial charge on any atom is 0.332 e. The van der Waals surface area contributed by atoms with E-state index >= 15 is 0 Å². The van der Waals surface area contributed by atoms with Crippen LogP contribution in [-0.4, -0.2) is 11.1 Å². The molecule has 0 aliphatic carbocycles. The van der Waals surface area contributed by atoms with E-state index in [4.69, 9.17) is 10.4 Å². The Hall–Kier alpha value is -1.30. The van der Waals surface area contributed by atoms with Crippen molar-refractivity contribution >= 4 is 5.97 Å². The first-order valence-electron chi connectivity index (χ1n) is 2.54. The molecule has 0 rings (SSSR count). The zero-order chi connectivity index (χ0) is 7.28. The van der Waals surface area contributed by atoms with Gasteiger partial charge in [-0.25, -0.2) is 4.79 Å². The number of nitriles is 1. The summed E-state index contributed by atoms with van der Waals surface area (Å²) in [5, 5.41) is 16.3. The third-order valence-electron chi connectivity index (χ3n) is 0.894. The number of hydrogen-bond acceptors (Lipinski definition) is 2. The van der Waals surface area contributed by atoms with Crippen LogP contribution in [0.5, 0.6) is 0 Å². The van der Waals surface area contributed by atoms with Gasteiger partial charge in [0, 0.05) is 11.6 Å². The SMILES string of the molecule is CC/C(=C/C#N)C(=O)O. The normalized spacial score (nSPS) is 10.4. The highest BCUT2D eigenvalue weighted by Gasteiger charge is 2.01. The first kappa shape index (κ1) is 7.70. The Labute approximate surface area is 53.2 Å². The standard InChI is InChI=1S/C6H7NO2/c1-2-5(3-4-7)6(8)9/h3H,2H2,1H3,(H,8,9)/b5-3-.